The molecule has 0 radical (unpaired) electrons. The molecule has 0 atom stereocenters. The number of aryl methyl sites for hydroxylation is 1. The molecule has 3 rings (SSSR count). The molecule has 0 aliphatic heterocycles. The number of amides is 1. The van der Waals surface area contributed by atoms with Gasteiger partial charge in [-0.05, 0) is 24.3 Å². The van der Waals surface area contributed by atoms with E-state index >= 15 is 0 Å². The second kappa shape index (κ2) is 7.92. The van der Waals surface area contributed by atoms with Gasteiger partial charge >= 0.3 is 0 Å². The Kier molecular flexibility index (Phi) is 5.63. The first-order valence-corrected chi connectivity index (χ1v) is 8.94. The third-order valence-electron chi connectivity index (χ3n) is 3.63. The van der Waals surface area contributed by atoms with Gasteiger partial charge in [0.2, 0.25) is 0 Å². The number of ether oxygens (including phenoxy) is 1. The van der Waals surface area contributed by atoms with E-state index in [1.54, 1.807) is 51.9 Å². The van der Waals surface area contributed by atoms with E-state index < -0.39 is 0 Å². The van der Waals surface area contributed by atoms with Crippen molar-refractivity contribution in [2.24, 2.45) is 7.05 Å². The van der Waals surface area contributed by atoms with Crippen molar-refractivity contribution in [1.29, 1.82) is 0 Å². The van der Waals surface area contributed by atoms with Gasteiger partial charge in [0.15, 0.2) is 12.4 Å². The molecule has 0 unspecified atom stereocenters. The summed E-state index contributed by atoms with van der Waals surface area (Å²) in [6.45, 7) is 0.617. The van der Waals surface area contributed by atoms with E-state index in [0.29, 0.717) is 23.0 Å². The molecule has 0 saturated heterocycles. The molecule has 0 bridgehead atoms. The second-order valence-corrected chi connectivity index (χ2v) is 7.09. The average Bonchev–Trinajstić information content (AvgIpc) is 3.22. The number of aromatic nitrogens is 4. The summed E-state index contributed by atoms with van der Waals surface area (Å²) in [7, 11) is 3.57. The molecule has 0 fully saturated rings. The Balaban J connectivity index is 1.60. The maximum atomic E-state index is 12.5. The van der Waals surface area contributed by atoms with Gasteiger partial charge in [-0.15, -0.1) is 0 Å². The van der Waals surface area contributed by atoms with Crippen molar-refractivity contribution in [2.75, 3.05) is 7.05 Å². The van der Waals surface area contributed by atoms with Crippen LogP contribution in [-0.2, 0) is 20.3 Å². The van der Waals surface area contributed by atoms with Crippen LogP contribution in [-0.4, -0.2) is 37.4 Å². The van der Waals surface area contributed by atoms with E-state index in [-0.39, 0.29) is 12.6 Å². The fraction of sp³-hybridized carbons (Fsp3) is 0.235. The van der Waals surface area contributed by atoms with Crippen molar-refractivity contribution in [3.05, 3.63) is 63.6 Å². The van der Waals surface area contributed by atoms with Gasteiger partial charge in [0.25, 0.3) is 5.91 Å². The highest BCUT2D eigenvalue weighted by molar-refractivity contribution is 9.10. The molecule has 0 aliphatic rings. The number of hydrogen-bond donors (Lipinski definition) is 0. The van der Waals surface area contributed by atoms with Gasteiger partial charge in [0, 0.05) is 43.1 Å². The largest absolute Gasteiger partial charge is 0.470 e. The first-order chi connectivity index (χ1) is 12.4. The molecule has 2 heterocycles. The Morgan fingerprint density at radius 3 is 2.88 bits per heavy atom. The zero-order chi connectivity index (χ0) is 18.7. The summed E-state index contributed by atoms with van der Waals surface area (Å²) in [6, 6.07) is 7.02. The topological polar surface area (TPSA) is 65.2 Å². The van der Waals surface area contributed by atoms with Crippen molar-refractivity contribution in [2.45, 2.75) is 13.3 Å². The van der Waals surface area contributed by atoms with Crippen molar-refractivity contribution < 1.29 is 9.53 Å². The summed E-state index contributed by atoms with van der Waals surface area (Å²) >= 11 is 9.46. The van der Waals surface area contributed by atoms with Crippen LogP contribution in [0.15, 0.2) is 47.3 Å². The Labute approximate surface area is 164 Å². The van der Waals surface area contributed by atoms with Crippen molar-refractivity contribution in [3.63, 3.8) is 0 Å². The molecule has 2 aromatic heterocycles. The van der Waals surface area contributed by atoms with Crippen LogP contribution in [0.3, 0.4) is 0 Å². The number of halogens is 2. The van der Waals surface area contributed by atoms with Crippen LogP contribution in [0.5, 0.6) is 5.75 Å². The third kappa shape index (κ3) is 4.44. The summed E-state index contributed by atoms with van der Waals surface area (Å²) in [6.07, 6.45) is 5.30. The van der Waals surface area contributed by atoms with E-state index in [0.717, 1.165) is 10.0 Å². The van der Waals surface area contributed by atoms with Crippen molar-refractivity contribution >= 4 is 33.4 Å². The highest BCUT2D eigenvalue weighted by Gasteiger charge is 2.16. The first-order valence-electron chi connectivity index (χ1n) is 7.76. The van der Waals surface area contributed by atoms with Gasteiger partial charge in [-0.1, -0.05) is 27.5 Å². The van der Waals surface area contributed by atoms with Crippen LogP contribution in [0, 0.1) is 0 Å². The highest BCUT2D eigenvalue weighted by Crippen LogP contribution is 2.27. The molecule has 136 valence electrons. The Morgan fingerprint density at radius 1 is 1.38 bits per heavy atom. The van der Waals surface area contributed by atoms with Gasteiger partial charge < -0.3 is 9.64 Å². The minimum Gasteiger partial charge on any atom is -0.470 e. The number of hydrogen-bond acceptors (Lipinski definition) is 4. The summed E-state index contributed by atoms with van der Waals surface area (Å²) in [5.74, 6) is 0.376. The van der Waals surface area contributed by atoms with Crippen LogP contribution in [0.4, 0.5) is 0 Å². The molecular weight excluding hydrogens is 422 g/mol. The van der Waals surface area contributed by atoms with Gasteiger partial charge in [-0.25, -0.2) is 4.68 Å². The Morgan fingerprint density at radius 2 is 2.19 bits per heavy atom. The molecule has 9 heteroatoms. The normalized spacial score (nSPS) is 10.8. The maximum absolute atomic E-state index is 12.5. The van der Waals surface area contributed by atoms with E-state index in [2.05, 4.69) is 26.1 Å². The van der Waals surface area contributed by atoms with Gasteiger partial charge in [0.1, 0.15) is 5.75 Å². The van der Waals surface area contributed by atoms with E-state index in [1.165, 1.54) is 0 Å². The summed E-state index contributed by atoms with van der Waals surface area (Å²) in [4.78, 5) is 14.1. The average molecular weight is 439 g/mol. The zero-order valence-electron chi connectivity index (χ0n) is 14.3. The smallest absolute Gasteiger partial charge is 0.274 e. The molecular formula is C17H17BrClN5O2. The third-order valence-corrected chi connectivity index (χ3v) is 4.42. The van der Waals surface area contributed by atoms with Gasteiger partial charge in [0.05, 0.1) is 11.2 Å². The van der Waals surface area contributed by atoms with Crippen LogP contribution in [0.25, 0.3) is 0 Å². The molecule has 0 spiro atoms. The predicted molar refractivity (Wildman–Crippen MR) is 101 cm³/mol. The number of carbonyl (C=O) groups is 1. The summed E-state index contributed by atoms with van der Waals surface area (Å²) in [5, 5.41) is 8.87. The molecule has 1 amide bonds. The number of rotatable bonds is 6. The second-order valence-electron chi connectivity index (χ2n) is 5.77. The zero-order valence-corrected chi connectivity index (χ0v) is 16.6. The summed E-state index contributed by atoms with van der Waals surface area (Å²) < 4.78 is 9.76. The minimum atomic E-state index is -0.172. The molecule has 0 N–H and O–H groups in total. The van der Waals surface area contributed by atoms with Gasteiger partial charge in [-0.2, -0.15) is 10.2 Å². The minimum absolute atomic E-state index is 0.154. The number of nitrogens with zero attached hydrogens (tertiary/aromatic N) is 5. The molecule has 1 aromatic carbocycles. The maximum Gasteiger partial charge on any atom is 0.274 e. The standard InChI is InChI=1S/C17H17BrClN5O2/c1-22(9-12-8-20-23(2)10-12)17(25)15-5-6-24(21-15)11-26-16-4-3-13(18)7-14(16)19/h3-8,10H,9,11H2,1-2H3. The fourth-order valence-electron chi connectivity index (χ4n) is 2.37. The molecule has 0 aliphatic carbocycles. The van der Waals surface area contributed by atoms with Crippen LogP contribution in [0.1, 0.15) is 16.1 Å². The summed E-state index contributed by atoms with van der Waals surface area (Å²) in [5.41, 5.74) is 1.30. The van der Waals surface area contributed by atoms with Crippen LogP contribution >= 0.6 is 27.5 Å². The lowest BCUT2D eigenvalue weighted by Crippen LogP contribution is -2.26. The first kappa shape index (κ1) is 18.5. The lowest BCUT2D eigenvalue weighted by atomic mass is 10.3. The monoisotopic (exact) mass is 437 g/mol. The van der Waals surface area contributed by atoms with Gasteiger partial charge in [-0.3, -0.25) is 9.48 Å². The quantitative estimate of drug-likeness (QED) is 0.592. The lowest BCUT2D eigenvalue weighted by Gasteiger charge is -2.14. The van der Waals surface area contributed by atoms with E-state index in [4.69, 9.17) is 16.3 Å². The number of carbonyl (C=O) groups excluding carboxylic acids is 1. The van der Waals surface area contributed by atoms with Crippen LogP contribution in [0.2, 0.25) is 5.02 Å². The molecule has 0 saturated carbocycles. The van der Waals surface area contributed by atoms with E-state index in [1.807, 2.05) is 19.3 Å². The van der Waals surface area contributed by atoms with Crippen molar-refractivity contribution in [3.8, 4) is 5.75 Å². The lowest BCUT2D eigenvalue weighted by molar-refractivity contribution is 0.0777. The molecule has 7 nitrogen and oxygen atoms in total. The van der Waals surface area contributed by atoms with Crippen molar-refractivity contribution in [1.82, 2.24) is 24.5 Å². The van der Waals surface area contributed by atoms with E-state index in [9.17, 15) is 4.79 Å². The Hall–Kier alpha value is -2.32. The number of benzene rings is 1. The predicted octanol–water partition coefficient (Wildman–Crippen LogP) is 3.34. The molecule has 26 heavy (non-hydrogen) atoms. The molecule has 3 aromatic rings. The fourth-order valence-corrected chi connectivity index (χ4v) is 3.10. The van der Waals surface area contributed by atoms with Crippen LogP contribution < -0.4 is 4.74 Å². The SMILES string of the molecule is CN(Cc1cnn(C)c1)C(=O)c1ccn(COc2ccc(Br)cc2Cl)n1. The Bertz CT molecular complexity index is 924. The highest BCUT2D eigenvalue weighted by atomic mass is 79.9.